The van der Waals surface area contributed by atoms with Gasteiger partial charge in [0.1, 0.15) is 46.0 Å². The Morgan fingerprint density at radius 2 is 0.493 bits per heavy atom. The number of para-hydroxylation sites is 7. The van der Waals surface area contributed by atoms with Crippen molar-refractivity contribution in [2.45, 2.75) is 145 Å². The average Bonchev–Trinajstić information content (AvgIpc) is 1.21. The molecular weight excluding hydrogens is 1830 g/mol. The average molecular weight is 1930 g/mol. The second-order valence-corrected chi connectivity index (χ2v) is 36.8. The van der Waals surface area contributed by atoms with E-state index in [0.29, 0.717) is 85.2 Å². The number of carbonyl (C=O) groups excluding carboxylic acids is 7. The van der Waals surface area contributed by atoms with E-state index in [4.69, 9.17) is 37.9 Å². The van der Waals surface area contributed by atoms with E-state index in [-0.39, 0.29) is 83.2 Å². The molecule has 0 unspecified atom stereocenters. The number of methoxy groups -OCH3 is 1. The van der Waals surface area contributed by atoms with Crippen LogP contribution < -0.4 is 37.9 Å². The highest BCUT2D eigenvalue weighted by Crippen LogP contribution is 2.43. The van der Waals surface area contributed by atoms with Crippen molar-refractivity contribution in [1.29, 1.82) is 0 Å². The summed E-state index contributed by atoms with van der Waals surface area (Å²) in [6, 6.07) is 120. The molecule has 7 aliphatic rings. The van der Waals surface area contributed by atoms with E-state index in [1.54, 1.807) is 7.11 Å². The van der Waals surface area contributed by atoms with Crippen LogP contribution >= 0.6 is 31.9 Å². The Hall–Kier alpha value is -14.4. The minimum Gasteiger partial charge on any atom is -0.497 e. The molecule has 17 heteroatoms. The van der Waals surface area contributed by atoms with Gasteiger partial charge in [0.25, 0.3) is 0 Å². The van der Waals surface area contributed by atoms with Gasteiger partial charge in [-0.3, -0.25) is 33.6 Å². The number of benzene rings is 15. The molecule has 0 aliphatic carbocycles. The lowest BCUT2D eigenvalue weighted by molar-refractivity contribution is -0.135. The fourth-order valence-corrected chi connectivity index (χ4v) is 19.1. The summed E-state index contributed by atoms with van der Waals surface area (Å²) < 4.78 is 45.2. The molecule has 136 heavy (non-hydrogen) atoms. The molecular formula is C119H104Br2O15. The van der Waals surface area contributed by atoms with Crippen LogP contribution in [0, 0.1) is 13.8 Å². The predicted octanol–water partition coefficient (Wildman–Crippen LogP) is 26.6. The summed E-state index contributed by atoms with van der Waals surface area (Å²) in [5.41, 5.74) is 18.5. The largest absolute Gasteiger partial charge is 0.497 e. The van der Waals surface area contributed by atoms with Crippen molar-refractivity contribution in [2.75, 3.05) is 7.11 Å². The molecule has 0 N–H and O–H groups in total. The number of carbonyl (C=O) groups is 7. The maximum Gasteiger partial charge on any atom is 0.311 e. The SMILES string of the molecule is COc1cccc([C@H]2CC(=O)Oc3ccccc3C2)c1.Cc1ccc([C@H]2CC(=O)Oc3ccccc3C2)cc1.Cc1cccc([C@H]2CC(=O)Oc3ccccc3C2)c1.O=C1C[C@H](c2ccc(Br)cc2)Cc2ccccc2O1.O=C1C[C@H](c2cccc(Br)c2)Cc2ccccc2O1.O=C1C[C@H](c2cccc3ccccc23)Cc2ccccc2O1.O=C1C[C@H](c2ccccc2)Cc2ccccc2O1. The topological polar surface area (TPSA) is 193 Å². The van der Waals surface area contributed by atoms with Gasteiger partial charge in [0.15, 0.2) is 0 Å². The summed E-state index contributed by atoms with van der Waals surface area (Å²) in [4.78, 5) is 83.4. The Morgan fingerprint density at radius 3 is 0.860 bits per heavy atom. The van der Waals surface area contributed by atoms with Crippen LogP contribution in [-0.2, 0) is 78.5 Å². The van der Waals surface area contributed by atoms with Gasteiger partial charge >= 0.3 is 41.8 Å². The summed E-state index contributed by atoms with van der Waals surface area (Å²) in [7, 11) is 1.65. The first-order valence-corrected chi connectivity index (χ1v) is 47.7. The van der Waals surface area contributed by atoms with Gasteiger partial charge in [-0.15, -0.1) is 0 Å². The number of rotatable bonds is 8. The molecule has 0 amide bonds. The van der Waals surface area contributed by atoms with Crippen molar-refractivity contribution in [3.05, 3.63) is 462 Å². The molecule has 0 saturated heterocycles. The van der Waals surface area contributed by atoms with Crippen molar-refractivity contribution in [3.8, 4) is 46.0 Å². The van der Waals surface area contributed by atoms with E-state index in [9.17, 15) is 33.6 Å². The Kier molecular flexibility index (Phi) is 32.1. The molecule has 0 aromatic heterocycles. The van der Waals surface area contributed by atoms with Crippen LogP contribution in [0.1, 0.15) is 175 Å². The van der Waals surface area contributed by atoms with Crippen molar-refractivity contribution < 1.29 is 71.5 Å². The predicted molar refractivity (Wildman–Crippen MR) is 536 cm³/mol. The summed E-state index contributed by atoms with van der Waals surface area (Å²) in [5, 5.41) is 2.44. The van der Waals surface area contributed by atoms with Gasteiger partial charge in [-0.05, 0) is 268 Å². The quantitative estimate of drug-likeness (QED) is 0.103. The molecule has 0 radical (unpaired) electrons. The monoisotopic (exact) mass is 1930 g/mol. The van der Waals surface area contributed by atoms with Crippen LogP contribution in [0.4, 0.5) is 0 Å². The van der Waals surface area contributed by atoms with Gasteiger partial charge < -0.3 is 37.9 Å². The highest BCUT2D eigenvalue weighted by molar-refractivity contribution is 9.10. The molecule has 0 spiro atoms. The molecule has 0 fully saturated rings. The Morgan fingerprint density at radius 1 is 0.221 bits per heavy atom. The molecule has 15 nitrogen and oxygen atoms in total. The van der Waals surface area contributed by atoms with Crippen LogP contribution in [-0.4, -0.2) is 48.9 Å². The minimum absolute atomic E-state index is 0.126. The normalized spacial score (nSPS) is 18.2. The fourth-order valence-electron chi connectivity index (χ4n) is 18.4. The number of ether oxygens (including phenoxy) is 8. The van der Waals surface area contributed by atoms with E-state index in [1.165, 1.54) is 55.3 Å². The summed E-state index contributed by atoms with van der Waals surface area (Å²) in [6.45, 7) is 4.15. The van der Waals surface area contributed by atoms with Gasteiger partial charge in [0.05, 0.1) is 52.1 Å². The first-order chi connectivity index (χ1) is 66.3. The van der Waals surface area contributed by atoms with Crippen LogP contribution in [0.25, 0.3) is 10.8 Å². The summed E-state index contributed by atoms with van der Waals surface area (Å²) >= 11 is 6.91. The summed E-state index contributed by atoms with van der Waals surface area (Å²) in [6.07, 6.45) is 8.84. The van der Waals surface area contributed by atoms with E-state index < -0.39 is 0 Å². The molecule has 0 bridgehead atoms. The third-order valence-electron chi connectivity index (χ3n) is 25.4. The van der Waals surface area contributed by atoms with Gasteiger partial charge in [-0.25, -0.2) is 0 Å². The maximum atomic E-state index is 12.1. The Labute approximate surface area is 810 Å². The van der Waals surface area contributed by atoms with Crippen molar-refractivity contribution in [3.63, 3.8) is 0 Å². The first kappa shape index (κ1) is 94.8. The Bertz CT molecular complexity index is 6520. The molecule has 684 valence electrons. The van der Waals surface area contributed by atoms with Crippen molar-refractivity contribution >= 4 is 84.4 Å². The third-order valence-corrected chi connectivity index (χ3v) is 26.4. The molecule has 15 aromatic rings. The molecule has 7 aliphatic heterocycles. The van der Waals surface area contributed by atoms with Crippen LogP contribution in [0.2, 0.25) is 0 Å². The lowest BCUT2D eigenvalue weighted by Gasteiger charge is -2.16. The highest BCUT2D eigenvalue weighted by Gasteiger charge is 2.32. The van der Waals surface area contributed by atoms with E-state index in [2.05, 4.69) is 161 Å². The minimum atomic E-state index is -0.178. The smallest absolute Gasteiger partial charge is 0.311 e. The van der Waals surface area contributed by atoms with Crippen molar-refractivity contribution in [2.24, 2.45) is 0 Å². The third kappa shape index (κ3) is 25.8. The van der Waals surface area contributed by atoms with E-state index >= 15 is 0 Å². The van der Waals surface area contributed by atoms with E-state index in [0.717, 1.165) is 104 Å². The zero-order valence-electron chi connectivity index (χ0n) is 76.0. The lowest BCUT2D eigenvalue weighted by Crippen LogP contribution is -2.11. The van der Waals surface area contributed by atoms with Crippen LogP contribution in [0.5, 0.6) is 46.0 Å². The number of esters is 7. The number of fused-ring (bicyclic) bond motifs is 8. The number of halogens is 2. The fraction of sp³-hybridized carbons (Fsp3) is 0.202. The second kappa shape index (κ2) is 46.0. The van der Waals surface area contributed by atoms with Crippen molar-refractivity contribution in [1.82, 2.24) is 0 Å². The molecule has 22 rings (SSSR count). The molecule has 7 heterocycles. The lowest BCUT2D eigenvalue weighted by atomic mass is 9.87. The zero-order valence-corrected chi connectivity index (χ0v) is 79.1. The van der Waals surface area contributed by atoms with Crippen LogP contribution in [0.15, 0.2) is 373 Å². The maximum absolute atomic E-state index is 12.1. The number of aryl methyl sites for hydroxylation is 2. The van der Waals surface area contributed by atoms with Gasteiger partial charge in [-0.2, -0.15) is 0 Å². The standard InChI is InChI=1S/C20H16O2.C17H16O3.2C17H16O2.2C16H13BrO2.C16H14O2/c21-20-13-16(12-15-7-2-4-11-19(15)22-20)18-10-5-8-14-6-1-3-9-17(14)18;1-19-15-7-4-6-12(10-15)14-9-13-5-2-3-8-16(13)20-17(18)11-14;1-12-5-4-7-13(9-12)15-10-14-6-2-3-8-16(14)19-17(18)11-15;1-12-6-8-13(9-7-12)15-10-14-4-2-3-5-16(14)19-17(18)11-15;17-14-6-3-5-11(9-14)13-8-12-4-1-2-7-15(12)19-16(18)10-13;17-14-7-5-11(6-8-14)13-9-12-3-1-2-4-15(12)19-16(18)10-13;17-16-11-14(12-6-2-1-3-7-12)10-13-8-4-5-9-15(13)18-16/h1-11,16H,12-13H2;2-8,10,14H,9,11H2,1H3;2*2-9,15H,10-11H2,1H3;1-7,9,13H,8,10H2;1-8,13H,9-10H2;1-9,14H,10-11H2/t16-;14-;2*15-;2*13-;14-/m1111111/s1. The Balaban J connectivity index is 0.000000115. The summed E-state index contributed by atoms with van der Waals surface area (Å²) in [5.74, 6) is 5.92. The number of hydrogen-bond acceptors (Lipinski definition) is 15. The molecule has 15 aromatic carbocycles. The molecule has 7 atom stereocenters. The highest BCUT2D eigenvalue weighted by atomic mass is 79.9. The van der Waals surface area contributed by atoms with E-state index in [1.807, 2.05) is 249 Å². The molecule has 0 saturated carbocycles. The second-order valence-electron chi connectivity index (χ2n) is 35.0. The van der Waals surface area contributed by atoms with Gasteiger partial charge in [0.2, 0.25) is 0 Å². The van der Waals surface area contributed by atoms with Gasteiger partial charge in [0, 0.05) is 8.95 Å². The first-order valence-electron chi connectivity index (χ1n) is 46.1. The zero-order chi connectivity index (χ0) is 94.2. The number of hydrogen-bond donors (Lipinski definition) is 0. The van der Waals surface area contributed by atoms with Crippen LogP contribution in [0.3, 0.4) is 0 Å². The van der Waals surface area contributed by atoms with Gasteiger partial charge in [-0.1, -0.05) is 328 Å².